The van der Waals surface area contributed by atoms with E-state index in [0.29, 0.717) is 11.8 Å². The minimum atomic E-state index is -3.41. The summed E-state index contributed by atoms with van der Waals surface area (Å²) in [5.41, 5.74) is 1.81. The van der Waals surface area contributed by atoms with E-state index in [1.807, 2.05) is 24.3 Å². The monoisotopic (exact) mass is 410 g/mol. The van der Waals surface area contributed by atoms with Gasteiger partial charge >= 0.3 is 8.80 Å². The molecular weight excluding hydrogens is 384 g/mol. The molecule has 0 saturated heterocycles. The van der Waals surface area contributed by atoms with Gasteiger partial charge in [-0.15, -0.1) is 0 Å². The Hall–Kier alpha value is -1.71. The van der Waals surface area contributed by atoms with Gasteiger partial charge in [0.15, 0.2) is 9.84 Å². The van der Waals surface area contributed by atoms with Crippen LogP contribution < -0.4 is 4.74 Å². The van der Waals surface area contributed by atoms with Crippen molar-refractivity contribution < 1.29 is 26.4 Å². The van der Waals surface area contributed by atoms with E-state index >= 15 is 0 Å². The predicted octanol–water partition coefficient (Wildman–Crippen LogP) is 3.09. The van der Waals surface area contributed by atoms with Crippen molar-refractivity contribution in [1.82, 2.24) is 0 Å². The third-order valence-corrected chi connectivity index (χ3v) is 8.88. The molecule has 0 amide bonds. The SMILES string of the molecule is COc1ccc(S(=O)(=O)Cc2ccc(CC[Si](OC)(OC)OC)cc2)cc1. The second-order valence-electron chi connectivity index (χ2n) is 6.05. The van der Waals surface area contributed by atoms with Gasteiger partial charge in [-0.3, -0.25) is 0 Å². The van der Waals surface area contributed by atoms with Gasteiger partial charge in [0, 0.05) is 27.4 Å². The summed E-state index contributed by atoms with van der Waals surface area (Å²) in [6.45, 7) is 0. The molecule has 0 heterocycles. The maximum atomic E-state index is 12.6. The fourth-order valence-electron chi connectivity index (χ4n) is 2.74. The molecule has 2 aromatic rings. The largest absolute Gasteiger partial charge is 0.500 e. The van der Waals surface area contributed by atoms with Crippen LogP contribution in [-0.4, -0.2) is 45.7 Å². The molecule has 0 aliphatic rings. The van der Waals surface area contributed by atoms with Gasteiger partial charge in [0.1, 0.15) is 5.75 Å². The standard InChI is InChI=1S/C19H26O6SSi/c1-22-18-9-11-19(12-10-18)26(20,21)15-17-7-5-16(6-8-17)13-14-27(23-2,24-3)25-4/h5-12H,13-15H2,1-4H3. The van der Waals surface area contributed by atoms with E-state index in [1.54, 1.807) is 52.7 Å². The summed E-state index contributed by atoms with van der Waals surface area (Å²) < 4.78 is 46.5. The Morgan fingerprint density at radius 1 is 0.778 bits per heavy atom. The Morgan fingerprint density at radius 2 is 1.30 bits per heavy atom. The molecule has 0 aliphatic heterocycles. The first-order valence-corrected chi connectivity index (χ1v) is 12.1. The number of benzene rings is 2. The van der Waals surface area contributed by atoms with Gasteiger partial charge in [0.05, 0.1) is 17.8 Å². The van der Waals surface area contributed by atoms with Gasteiger partial charge in [-0.1, -0.05) is 24.3 Å². The average molecular weight is 411 g/mol. The molecule has 6 nitrogen and oxygen atoms in total. The second kappa shape index (κ2) is 9.47. The molecule has 148 valence electrons. The zero-order chi connectivity index (χ0) is 19.9. The summed E-state index contributed by atoms with van der Waals surface area (Å²) in [6, 6.07) is 14.6. The maximum absolute atomic E-state index is 12.6. The highest BCUT2D eigenvalue weighted by Crippen LogP contribution is 2.21. The van der Waals surface area contributed by atoms with Crippen molar-refractivity contribution in [1.29, 1.82) is 0 Å². The molecule has 0 aliphatic carbocycles. The Bertz CT molecular complexity index is 806. The molecule has 0 atom stereocenters. The van der Waals surface area contributed by atoms with E-state index < -0.39 is 18.6 Å². The van der Waals surface area contributed by atoms with Crippen molar-refractivity contribution in [3.63, 3.8) is 0 Å². The van der Waals surface area contributed by atoms with Crippen LogP contribution in [0.4, 0.5) is 0 Å². The lowest BCUT2D eigenvalue weighted by Gasteiger charge is -2.24. The number of sulfone groups is 1. The highest BCUT2D eigenvalue weighted by atomic mass is 32.2. The summed E-state index contributed by atoms with van der Waals surface area (Å²) in [5.74, 6) is 0.577. The van der Waals surface area contributed by atoms with Gasteiger partial charge in [-0.25, -0.2) is 8.42 Å². The van der Waals surface area contributed by atoms with Gasteiger partial charge in [0.2, 0.25) is 0 Å². The van der Waals surface area contributed by atoms with Crippen molar-refractivity contribution in [2.24, 2.45) is 0 Å². The second-order valence-corrected chi connectivity index (χ2v) is 11.1. The van der Waals surface area contributed by atoms with Crippen LogP contribution in [0.3, 0.4) is 0 Å². The van der Waals surface area contributed by atoms with Crippen LogP contribution in [0.15, 0.2) is 53.4 Å². The summed E-state index contributed by atoms with van der Waals surface area (Å²) in [4.78, 5) is 0.281. The Labute approximate surface area is 162 Å². The van der Waals surface area contributed by atoms with Crippen LogP contribution in [0.25, 0.3) is 0 Å². The Balaban J connectivity index is 2.04. The number of rotatable bonds is 10. The van der Waals surface area contributed by atoms with Crippen molar-refractivity contribution >= 4 is 18.6 Å². The Morgan fingerprint density at radius 3 is 1.78 bits per heavy atom. The van der Waals surface area contributed by atoms with Gasteiger partial charge in [-0.05, 0) is 41.8 Å². The lowest BCUT2D eigenvalue weighted by molar-refractivity contribution is 0.123. The lowest BCUT2D eigenvalue weighted by Crippen LogP contribution is -2.43. The minimum Gasteiger partial charge on any atom is -0.497 e. The van der Waals surface area contributed by atoms with Crippen LogP contribution in [0, 0.1) is 0 Å². The van der Waals surface area contributed by atoms with Crippen LogP contribution in [0.5, 0.6) is 5.75 Å². The molecule has 0 N–H and O–H groups in total. The highest BCUT2D eigenvalue weighted by Gasteiger charge is 2.37. The molecule has 0 spiro atoms. The number of hydrogen-bond donors (Lipinski definition) is 0. The molecule has 2 rings (SSSR count). The molecule has 27 heavy (non-hydrogen) atoms. The molecule has 0 aromatic heterocycles. The normalized spacial score (nSPS) is 12.1. The third kappa shape index (κ3) is 5.63. The summed E-state index contributed by atoms with van der Waals surface area (Å²) in [6.07, 6.45) is 0.729. The van der Waals surface area contributed by atoms with Crippen molar-refractivity contribution in [3.8, 4) is 5.75 Å². The first kappa shape index (κ1) is 21.6. The summed E-state index contributed by atoms with van der Waals surface area (Å²) in [7, 11) is 0.297. The fraction of sp³-hybridized carbons (Fsp3) is 0.368. The minimum absolute atomic E-state index is 0.0491. The molecule has 0 unspecified atom stereocenters. The number of hydrogen-bond acceptors (Lipinski definition) is 6. The third-order valence-electron chi connectivity index (χ3n) is 4.45. The fourth-order valence-corrected chi connectivity index (χ4v) is 5.80. The zero-order valence-corrected chi connectivity index (χ0v) is 17.9. The van der Waals surface area contributed by atoms with E-state index in [-0.39, 0.29) is 10.6 Å². The van der Waals surface area contributed by atoms with Crippen LogP contribution in [0.2, 0.25) is 6.04 Å². The van der Waals surface area contributed by atoms with E-state index in [4.69, 9.17) is 18.0 Å². The molecule has 0 fully saturated rings. The van der Waals surface area contributed by atoms with E-state index in [0.717, 1.165) is 17.5 Å². The number of ether oxygens (including phenoxy) is 1. The van der Waals surface area contributed by atoms with Gasteiger partial charge < -0.3 is 18.0 Å². The van der Waals surface area contributed by atoms with Gasteiger partial charge in [-0.2, -0.15) is 0 Å². The van der Waals surface area contributed by atoms with Crippen molar-refractivity contribution in [3.05, 3.63) is 59.7 Å². The van der Waals surface area contributed by atoms with Crippen LogP contribution >= 0.6 is 0 Å². The van der Waals surface area contributed by atoms with E-state index in [1.165, 1.54) is 0 Å². The summed E-state index contributed by atoms with van der Waals surface area (Å²) >= 11 is 0. The number of aryl methyl sites for hydroxylation is 1. The number of methoxy groups -OCH3 is 1. The first-order chi connectivity index (χ1) is 12.9. The smallest absolute Gasteiger partial charge is 0.497 e. The van der Waals surface area contributed by atoms with Crippen molar-refractivity contribution in [2.45, 2.75) is 23.1 Å². The van der Waals surface area contributed by atoms with Crippen molar-refractivity contribution in [2.75, 3.05) is 28.4 Å². The highest BCUT2D eigenvalue weighted by molar-refractivity contribution is 7.90. The maximum Gasteiger partial charge on any atom is 0.500 e. The molecule has 2 aromatic carbocycles. The zero-order valence-electron chi connectivity index (χ0n) is 16.1. The molecule has 0 radical (unpaired) electrons. The van der Waals surface area contributed by atoms with Gasteiger partial charge in [0.25, 0.3) is 0 Å². The predicted molar refractivity (Wildman–Crippen MR) is 106 cm³/mol. The molecule has 0 saturated carbocycles. The molecular formula is C19H26O6SSi. The Kier molecular flexibility index (Phi) is 7.57. The lowest BCUT2D eigenvalue weighted by atomic mass is 10.1. The van der Waals surface area contributed by atoms with Crippen LogP contribution in [0.1, 0.15) is 11.1 Å². The van der Waals surface area contributed by atoms with E-state index in [9.17, 15) is 8.42 Å². The molecule has 8 heteroatoms. The quantitative estimate of drug-likeness (QED) is 0.561. The average Bonchev–Trinajstić information content (AvgIpc) is 2.70. The first-order valence-electron chi connectivity index (χ1n) is 8.48. The molecule has 0 bridgehead atoms. The van der Waals surface area contributed by atoms with E-state index in [2.05, 4.69) is 0 Å². The van der Waals surface area contributed by atoms with Crippen LogP contribution in [-0.2, 0) is 35.3 Å². The topological polar surface area (TPSA) is 71.1 Å². The summed E-state index contributed by atoms with van der Waals surface area (Å²) in [5, 5.41) is 0.